The Morgan fingerprint density at radius 1 is 1.06 bits per heavy atom. The molecule has 1 rings (SSSR count). The summed E-state index contributed by atoms with van der Waals surface area (Å²) in [5.74, 6) is 0.913. The summed E-state index contributed by atoms with van der Waals surface area (Å²) >= 11 is 5.58. The van der Waals surface area contributed by atoms with Crippen LogP contribution in [0.3, 0.4) is 0 Å². The molecule has 3 nitrogen and oxygen atoms in total. The SMILES string of the molecule is CC(C)Oc1cccc(OC(C)C)c1C(=O)Cl. The van der Waals surface area contributed by atoms with Gasteiger partial charge >= 0.3 is 0 Å². The molecule has 0 N–H and O–H groups in total. The molecule has 0 fully saturated rings. The quantitative estimate of drug-likeness (QED) is 0.755. The van der Waals surface area contributed by atoms with Crippen LogP contribution in [-0.2, 0) is 0 Å². The highest BCUT2D eigenvalue weighted by molar-refractivity contribution is 6.68. The predicted molar refractivity (Wildman–Crippen MR) is 68.2 cm³/mol. The molecule has 0 spiro atoms. The van der Waals surface area contributed by atoms with Crippen LogP contribution in [-0.4, -0.2) is 17.5 Å². The summed E-state index contributed by atoms with van der Waals surface area (Å²) in [7, 11) is 0. The zero-order chi connectivity index (χ0) is 13.0. The van der Waals surface area contributed by atoms with Gasteiger partial charge in [-0.1, -0.05) is 6.07 Å². The van der Waals surface area contributed by atoms with Crippen molar-refractivity contribution in [3.63, 3.8) is 0 Å². The number of rotatable bonds is 5. The molecule has 0 radical (unpaired) electrons. The van der Waals surface area contributed by atoms with E-state index in [1.54, 1.807) is 18.2 Å². The molecule has 0 aliphatic heterocycles. The molecule has 1 aromatic carbocycles. The van der Waals surface area contributed by atoms with E-state index < -0.39 is 5.24 Å². The van der Waals surface area contributed by atoms with Crippen LogP contribution in [0.25, 0.3) is 0 Å². The van der Waals surface area contributed by atoms with Crippen molar-refractivity contribution in [2.45, 2.75) is 39.9 Å². The molecular formula is C13H17ClO3. The van der Waals surface area contributed by atoms with Crippen LogP contribution in [0.5, 0.6) is 11.5 Å². The number of ether oxygens (including phenoxy) is 2. The first-order valence-corrected chi connectivity index (χ1v) is 5.95. The number of hydrogen-bond donors (Lipinski definition) is 0. The van der Waals surface area contributed by atoms with Crippen LogP contribution in [0.2, 0.25) is 0 Å². The third kappa shape index (κ3) is 3.93. The number of hydrogen-bond acceptors (Lipinski definition) is 3. The van der Waals surface area contributed by atoms with Crippen LogP contribution in [0, 0.1) is 0 Å². The van der Waals surface area contributed by atoms with Crippen LogP contribution >= 0.6 is 11.6 Å². The van der Waals surface area contributed by atoms with Crippen molar-refractivity contribution >= 4 is 16.8 Å². The highest BCUT2D eigenvalue weighted by Crippen LogP contribution is 2.31. The maximum atomic E-state index is 11.5. The van der Waals surface area contributed by atoms with Crippen molar-refractivity contribution in [2.75, 3.05) is 0 Å². The summed E-state index contributed by atoms with van der Waals surface area (Å²) in [4.78, 5) is 11.5. The van der Waals surface area contributed by atoms with Gasteiger partial charge in [0.15, 0.2) is 0 Å². The van der Waals surface area contributed by atoms with Crippen LogP contribution in [0.4, 0.5) is 0 Å². The second kappa shape index (κ2) is 5.92. The molecule has 0 amide bonds. The lowest BCUT2D eigenvalue weighted by Gasteiger charge is -2.17. The second-order valence-corrected chi connectivity index (χ2v) is 4.58. The van der Waals surface area contributed by atoms with E-state index in [2.05, 4.69) is 0 Å². The maximum Gasteiger partial charge on any atom is 0.259 e. The monoisotopic (exact) mass is 256 g/mol. The average molecular weight is 257 g/mol. The van der Waals surface area contributed by atoms with E-state index in [4.69, 9.17) is 21.1 Å². The Morgan fingerprint density at radius 2 is 1.47 bits per heavy atom. The van der Waals surface area contributed by atoms with Gasteiger partial charge in [-0.3, -0.25) is 4.79 Å². The Labute approximate surface area is 107 Å². The largest absolute Gasteiger partial charge is 0.490 e. The van der Waals surface area contributed by atoms with Crippen LogP contribution in [0.15, 0.2) is 18.2 Å². The van der Waals surface area contributed by atoms with Gasteiger partial charge in [-0.25, -0.2) is 0 Å². The highest BCUT2D eigenvalue weighted by Gasteiger charge is 2.18. The smallest absolute Gasteiger partial charge is 0.259 e. The first-order chi connectivity index (χ1) is 7.91. The van der Waals surface area contributed by atoms with Gasteiger partial charge in [-0.2, -0.15) is 0 Å². The average Bonchev–Trinajstić information content (AvgIpc) is 2.14. The Balaban J connectivity index is 3.17. The zero-order valence-corrected chi connectivity index (χ0v) is 11.2. The molecule has 0 saturated heterocycles. The Morgan fingerprint density at radius 3 is 1.76 bits per heavy atom. The number of carbonyl (C=O) groups excluding carboxylic acids is 1. The molecule has 0 bridgehead atoms. The molecule has 0 unspecified atom stereocenters. The summed E-state index contributed by atoms with van der Waals surface area (Å²) in [6, 6.07) is 5.20. The lowest BCUT2D eigenvalue weighted by atomic mass is 10.2. The van der Waals surface area contributed by atoms with Crippen molar-refractivity contribution in [1.82, 2.24) is 0 Å². The number of benzene rings is 1. The Hall–Kier alpha value is -1.22. The van der Waals surface area contributed by atoms with Gasteiger partial charge < -0.3 is 9.47 Å². The van der Waals surface area contributed by atoms with E-state index in [9.17, 15) is 4.79 Å². The van der Waals surface area contributed by atoms with Crippen molar-refractivity contribution in [3.8, 4) is 11.5 Å². The molecule has 4 heteroatoms. The third-order valence-electron chi connectivity index (χ3n) is 1.91. The van der Waals surface area contributed by atoms with Gasteiger partial charge in [-0.15, -0.1) is 0 Å². The lowest BCUT2D eigenvalue weighted by Crippen LogP contribution is -2.12. The van der Waals surface area contributed by atoms with Gasteiger partial charge in [0.1, 0.15) is 17.1 Å². The lowest BCUT2D eigenvalue weighted by molar-refractivity contribution is 0.106. The Kier molecular flexibility index (Phi) is 4.82. The predicted octanol–water partition coefficient (Wildman–Crippen LogP) is 3.64. The van der Waals surface area contributed by atoms with Gasteiger partial charge in [0.05, 0.1) is 12.2 Å². The first-order valence-electron chi connectivity index (χ1n) is 5.58. The van der Waals surface area contributed by atoms with Crippen LogP contribution < -0.4 is 9.47 Å². The molecular weight excluding hydrogens is 240 g/mol. The minimum Gasteiger partial charge on any atom is -0.490 e. The number of halogens is 1. The molecule has 0 aliphatic carbocycles. The van der Waals surface area contributed by atoms with Crippen LogP contribution in [0.1, 0.15) is 38.1 Å². The fraction of sp³-hybridized carbons (Fsp3) is 0.462. The van der Waals surface area contributed by atoms with Gasteiger partial charge in [0.25, 0.3) is 5.24 Å². The normalized spacial score (nSPS) is 10.8. The molecule has 0 aliphatic rings. The fourth-order valence-electron chi connectivity index (χ4n) is 1.41. The molecule has 1 aromatic rings. The first kappa shape index (κ1) is 13.8. The van der Waals surface area contributed by atoms with E-state index in [0.717, 1.165) is 0 Å². The summed E-state index contributed by atoms with van der Waals surface area (Å²) in [6.07, 6.45) is -0.0573. The van der Waals surface area contributed by atoms with Crippen molar-refractivity contribution < 1.29 is 14.3 Å². The number of carbonyl (C=O) groups is 1. The molecule has 0 atom stereocenters. The summed E-state index contributed by atoms with van der Waals surface area (Å²) in [5.41, 5.74) is 0.288. The van der Waals surface area contributed by atoms with Crippen molar-refractivity contribution in [1.29, 1.82) is 0 Å². The summed E-state index contributed by atoms with van der Waals surface area (Å²) < 4.78 is 11.1. The second-order valence-electron chi connectivity index (χ2n) is 4.24. The molecule has 0 saturated carbocycles. The van der Waals surface area contributed by atoms with Crippen molar-refractivity contribution in [2.24, 2.45) is 0 Å². The summed E-state index contributed by atoms with van der Waals surface area (Å²) in [6.45, 7) is 7.55. The third-order valence-corrected chi connectivity index (χ3v) is 2.10. The molecule has 0 aromatic heterocycles. The van der Waals surface area contributed by atoms with Crippen molar-refractivity contribution in [3.05, 3.63) is 23.8 Å². The zero-order valence-electron chi connectivity index (χ0n) is 10.5. The minimum atomic E-state index is -0.572. The summed E-state index contributed by atoms with van der Waals surface area (Å²) in [5, 5.41) is -0.572. The van der Waals surface area contributed by atoms with E-state index in [1.807, 2.05) is 27.7 Å². The molecule has 94 valence electrons. The highest BCUT2D eigenvalue weighted by atomic mass is 35.5. The Bertz CT molecular complexity index is 371. The van der Waals surface area contributed by atoms with E-state index in [1.165, 1.54) is 0 Å². The van der Waals surface area contributed by atoms with Gasteiger partial charge in [-0.05, 0) is 51.4 Å². The van der Waals surface area contributed by atoms with Gasteiger partial charge in [0, 0.05) is 0 Å². The van der Waals surface area contributed by atoms with E-state index >= 15 is 0 Å². The standard InChI is InChI=1S/C13H17ClO3/c1-8(2)16-10-6-5-7-11(17-9(3)4)12(10)13(14)15/h5-9H,1-4H3. The fourth-order valence-corrected chi connectivity index (χ4v) is 1.60. The molecule has 0 heterocycles. The molecule has 17 heavy (non-hydrogen) atoms. The van der Waals surface area contributed by atoms with E-state index in [0.29, 0.717) is 11.5 Å². The topological polar surface area (TPSA) is 35.5 Å². The minimum absolute atomic E-state index is 0.0286. The maximum absolute atomic E-state index is 11.5. The van der Waals surface area contributed by atoms with Gasteiger partial charge in [0.2, 0.25) is 0 Å². The van der Waals surface area contributed by atoms with E-state index in [-0.39, 0.29) is 17.8 Å².